The summed E-state index contributed by atoms with van der Waals surface area (Å²) in [6, 6.07) is 14.1. The van der Waals surface area contributed by atoms with Crippen LogP contribution in [0.3, 0.4) is 0 Å². The number of oxazole rings is 1. The van der Waals surface area contributed by atoms with E-state index in [4.69, 9.17) is 9.15 Å². The Kier molecular flexibility index (Phi) is 5.79. The molecule has 1 N–H and O–H groups in total. The molecule has 0 aliphatic carbocycles. The molecule has 0 fully saturated rings. The third kappa shape index (κ3) is 5.20. The normalized spacial score (nSPS) is 11.2. The number of nitrogens with zero attached hydrogens (tertiary/aromatic N) is 1. The number of aryl methyl sites for hydroxylation is 1. The highest BCUT2D eigenvalue weighted by Gasteiger charge is 2.20. The predicted octanol–water partition coefficient (Wildman–Crippen LogP) is 3.21. The van der Waals surface area contributed by atoms with E-state index in [0.717, 1.165) is 5.56 Å². The maximum absolute atomic E-state index is 12.3. The van der Waals surface area contributed by atoms with Crippen molar-refractivity contribution in [3.05, 3.63) is 66.1 Å². The fourth-order valence-corrected chi connectivity index (χ4v) is 3.71. The Balaban J connectivity index is 1.62. The molecule has 0 unspecified atom stereocenters. The number of hydrogen-bond donors (Lipinski definition) is 1. The minimum absolute atomic E-state index is 0.244. The first-order chi connectivity index (χ1) is 13.3. The molecule has 2 aromatic carbocycles. The largest absolute Gasteiger partial charge is 0.497 e. The molecule has 1 aromatic heterocycles. The lowest BCUT2D eigenvalue weighted by Gasteiger charge is -2.06. The number of hydrogen-bond acceptors (Lipinski definition) is 6. The van der Waals surface area contributed by atoms with Crippen molar-refractivity contribution in [1.82, 2.24) is 4.98 Å². The lowest BCUT2D eigenvalue weighted by Crippen LogP contribution is -2.24. The van der Waals surface area contributed by atoms with Crippen LogP contribution in [0.15, 0.2) is 59.2 Å². The van der Waals surface area contributed by atoms with E-state index < -0.39 is 21.5 Å². The fourth-order valence-electron chi connectivity index (χ4n) is 2.55. The molecule has 1 heterocycles. The Labute approximate surface area is 163 Å². The number of ether oxygens (including phenoxy) is 1. The lowest BCUT2D eigenvalue weighted by molar-refractivity contribution is -0.113. The van der Waals surface area contributed by atoms with E-state index in [2.05, 4.69) is 10.3 Å². The van der Waals surface area contributed by atoms with E-state index in [0.29, 0.717) is 22.9 Å². The van der Waals surface area contributed by atoms with Gasteiger partial charge in [-0.2, -0.15) is 0 Å². The first-order valence-electron chi connectivity index (χ1n) is 8.50. The summed E-state index contributed by atoms with van der Waals surface area (Å²) in [5.41, 5.74) is 2.54. The molecule has 0 aliphatic rings. The van der Waals surface area contributed by atoms with Crippen molar-refractivity contribution >= 4 is 21.4 Å². The van der Waals surface area contributed by atoms with Crippen molar-refractivity contribution in [2.45, 2.75) is 12.7 Å². The number of nitrogens with one attached hydrogen (secondary N) is 1. The number of aromatic nitrogens is 1. The van der Waals surface area contributed by atoms with Gasteiger partial charge in [0.2, 0.25) is 11.8 Å². The molecule has 3 aromatic rings. The molecule has 0 spiro atoms. The first-order valence-corrected chi connectivity index (χ1v) is 10.3. The topological polar surface area (TPSA) is 98.5 Å². The second kappa shape index (κ2) is 8.26. The van der Waals surface area contributed by atoms with Gasteiger partial charge in [0.1, 0.15) is 17.8 Å². The lowest BCUT2D eigenvalue weighted by atomic mass is 10.2. The molecule has 146 valence electrons. The molecule has 0 bridgehead atoms. The molecule has 28 heavy (non-hydrogen) atoms. The Morgan fingerprint density at radius 1 is 1.11 bits per heavy atom. The van der Waals surface area contributed by atoms with Crippen LogP contribution in [0.2, 0.25) is 0 Å². The van der Waals surface area contributed by atoms with Crippen LogP contribution < -0.4 is 10.1 Å². The SMILES string of the molecule is COc1ccc(-c2nc(CS(=O)(=O)CC(=O)Nc3ccc(C)cc3)co2)cc1. The highest BCUT2D eigenvalue weighted by Crippen LogP contribution is 2.22. The van der Waals surface area contributed by atoms with Gasteiger partial charge in [-0.1, -0.05) is 17.7 Å². The molecule has 0 saturated heterocycles. The van der Waals surface area contributed by atoms with E-state index in [1.807, 2.05) is 19.1 Å². The van der Waals surface area contributed by atoms with Crippen LogP contribution in [0.4, 0.5) is 5.69 Å². The zero-order valence-electron chi connectivity index (χ0n) is 15.5. The van der Waals surface area contributed by atoms with Crippen molar-refractivity contribution in [1.29, 1.82) is 0 Å². The van der Waals surface area contributed by atoms with Crippen molar-refractivity contribution < 1.29 is 22.4 Å². The van der Waals surface area contributed by atoms with Gasteiger partial charge >= 0.3 is 0 Å². The van der Waals surface area contributed by atoms with Gasteiger partial charge in [-0.3, -0.25) is 4.79 Å². The third-order valence-electron chi connectivity index (χ3n) is 3.94. The second-order valence-electron chi connectivity index (χ2n) is 6.32. The van der Waals surface area contributed by atoms with Crippen LogP contribution in [0, 0.1) is 6.92 Å². The van der Waals surface area contributed by atoms with Crippen LogP contribution in [0.25, 0.3) is 11.5 Å². The van der Waals surface area contributed by atoms with Gasteiger partial charge in [0.05, 0.1) is 18.6 Å². The van der Waals surface area contributed by atoms with Gasteiger partial charge in [0, 0.05) is 11.3 Å². The van der Waals surface area contributed by atoms with Crippen LogP contribution in [0.1, 0.15) is 11.3 Å². The van der Waals surface area contributed by atoms with Crippen molar-refractivity contribution in [2.75, 3.05) is 18.2 Å². The highest BCUT2D eigenvalue weighted by atomic mass is 32.2. The van der Waals surface area contributed by atoms with Crippen molar-refractivity contribution in [3.63, 3.8) is 0 Å². The maximum atomic E-state index is 12.3. The Morgan fingerprint density at radius 2 is 1.79 bits per heavy atom. The summed E-state index contributed by atoms with van der Waals surface area (Å²) in [5.74, 6) is -0.614. The number of sulfone groups is 1. The van der Waals surface area contributed by atoms with Gasteiger partial charge in [-0.05, 0) is 43.3 Å². The van der Waals surface area contributed by atoms with E-state index >= 15 is 0 Å². The minimum Gasteiger partial charge on any atom is -0.497 e. The Bertz CT molecular complexity index is 1050. The molecule has 0 saturated carbocycles. The van der Waals surface area contributed by atoms with Crippen LogP contribution in [0.5, 0.6) is 5.75 Å². The maximum Gasteiger partial charge on any atom is 0.239 e. The average molecular weight is 400 g/mol. The summed E-state index contributed by atoms with van der Waals surface area (Å²) < 4.78 is 35.1. The number of carbonyl (C=O) groups is 1. The van der Waals surface area contributed by atoms with Gasteiger partial charge in [0.15, 0.2) is 9.84 Å². The fraction of sp³-hybridized carbons (Fsp3) is 0.200. The second-order valence-corrected chi connectivity index (χ2v) is 8.38. The zero-order chi connectivity index (χ0) is 20.1. The standard InChI is InChI=1S/C20H20N2O5S/c1-14-3-7-16(8-4-14)21-19(23)13-28(24,25)12-17-11-27-20(22-17)15-5-9-18(26-2)10-6-15/h3-11H,12-13H2,1-2H3,(H,21,23). The predicted molar refractivity (Wildman–Crippen MR) is 106 cm³/mol. The number of methoxy groups -OCH3 is 1. The van der Waals surface area contributed by atoms with E-state index in [-0.39, 0.29) is 11.4 Å². The summed E-state index contributed by atoms with van der Waals surface area (Å²) in [7, 11) is -2.13. The number of carbonyl (C=O) groups excluding carboxylic acids is 1. The molecular formula is C20H20N2O5S. The van der Waals surface area contributed by atoms with Crippen molar-refractivity contribution in [3.8, 4) is 17.2 Å². The summed E-state index contributed by atoms with van der Waals surface area (Å²) in [6.07, 6.45) is 1.29. The Hall–Kier alpha value is -3.13. The Morgan fingerprint density at radius 3 is 2.43 bits per heavy atom. The minimum atomic E-state index is -3.70. The summed E-state index contributed by atoms with van der Waals surface area (Å²) in [6.45, 7) is 1.92. The summed E-state index contributed by atoms with van der Waals surface area (Å²) in [4.78, 5) is 16.2. The molecule has 0 aliphatic heterocycles. The number of benzene rings is 2. The van der Waals surface area contributed by atoms with E-state index in [1.165, 1.54) is 6.26 Å². The number of rotatable bonds is 7. The molecular weight excluding hydrogens is 380 g/mol. The number of anilines is 1. The summed E-state index contributed by atoms with van der Waals surface area (Å²) >= 11 is 0. The highest BCUT2D eigenvalue weighted by molar-refractivity contribution is 7.91. The van der Waals surface area contributed by atoms with Gasteiger partial charge in [-0.25, -0.2) is 13.4 Å². The molecule has 7 nitrogen and oxygen atoms in total. The van der Waals surface area contributed by atoms with Crippen LogP contribution in [-0.4, -0.2) is 32.2 Å². The molecule has 0 radical (unpaired) electrons. The summed E-state index contributed by atoms with van der Waals surface area (Å²) in [5, 5.41) is 2.58. The third-order valence-corrected chi connectivity index (χ3v) is 5.38. The van der Waals surface area contributed by atoms with Gasteiger partial charge < -0.3 is 14.5 Å². The molecule has 0 atom stereocenters. The van der Waals surface area contributed by atoms with Gasteiger partial charge in [-0.15, -0.1) is 0 Å². The number of amides is 1. The van der Waals surface area contributed by atoms with Crippen LogP contribution >= 0.6 is 0 Å². The first kappa shape index (κ1) is 19.6. The smallest absolute Gasteiger partial charge is 0.239 e. The van der Waals surface area contributed by atoms with E-state index in [9.17, 15) is 13.2 Å². The monoisotopic (exact) mass is 400 g/mol. The molecule has 8 heteroatoms. The quantitative estimate of drug-likeness (QED) is 0.654. The average Bonchev–Trinajstić information content (AvgIpc) is 3.10. The molecule has 1 amide bonds. The van der Waals surface area contributed by atoms with E-state index in [1.54, 1.807) is 43.5 Å². The molecule has 3 rings (SSSR count). The van der Waals surface area contributed by atoms with Crippen molar-refractivity contribution in [2.24, 2.45) is 0 Å². The van der Waals surface area contributed by atoms with Crippen LogP contribution in [-0.2, 0) is 20.4 Å². The zero-order valence-corrected chi connectivity index (χ0v) is 16.3. The van der Waals surface area contributed by atoms with Gasteiger partial charge in [0.25, 0.3) is 0 Å².